The summed E-state index contributed by atoms with van der Waals surface area (Å²) in [5.41, 5.74) is 2.52. The van der Waals surface area contributed by atoms with E-state index >= 15 is 0 Å². The minimum absolute atomic E-state index is 0.234. The van der Waals surface area contributed by atoms with Crippen LogP contribution in [0.25, 0.3) is 0 Å². The number of hydrogen-bond donors (Lipinski definition) is 1. The van der Waals surface area contributed by atoms with E-state index in [0.717, 1.165) is 22.3 Å². The maximum absolute atomic E-state index is 13.0. The van der Waals surface area contributed by atoms with E-state index < -0.39 is 34.6 Å². The van der Waals surface area contributed by atoms with Crippen molar-refractivity contribution >= 4 is 11.9 Å². The number of ether oxygens (including phenoxy) is 1. The van der Waals surface area contributed by atoms with E-state index in [1.807, 2.05) is 62.4 Å². The summed E-state index contributed by atoms with van der Waals surface area (Å²) in [5, 5.41) is 10.2. The number of carbonyl (C=O) groups is 2. The Hall–Kier alpha value is -2.62. The molecule has 2 aromatic rings. The van der Waals surface area contributed by atoms with Gasteiger partial charge in [0.15, 0.2) is 0 Å². The van der Waals surface area contributed by atoms with E-state index in [-0.39, 0.29) is 6.61 Å². The van der Waals surface area contributed by atoms with Gasteiger partial charge in [-0.2, -0.15) is 0 Å². The Morgan fingerprint density at radius 3 is 1.62 bits per heavy atom. The summed E-state index contributed by atoms with van der Waals surface area (Å²) in [6, 6.07) is 15.8. The highest BCUT2D eigenvalue weighted by atomic mass is 16.5. The first kappa shape index (κ1) is 16.8. The van der Waals surface area contributed by atoms with Crippen LogP contribution in [0.5, 0.6) is 0 Å². The van der Waals surface area contributed by atoms with Gasteiger partial charge in [-0.25, -0.2) is 0 Å². The van der Waals surface area contributed by atoms with Crippen molar-refractivity contribution in [2.24, 2.45) is 11.8 Å². The lowest BCUT2D eigenvalue weighted by molar-refractivity contribution is -0.164. The average molecular weight is 350 g/mol. The quantitative estimate of drug-likeness (QED) is 0.861. The molecule has 2 bridgehead atoms. The molecule has 0 heterocycles. The topological polar surface area (TPSA) is 63.6 Å². The van der Waals surface area contributed by atoms with E-state index in [4.69, 9.17) is 4.74 Å². The zero-order chi connectivity index (χ0) is 18.7. The molecule has 4 nitrogen and oxygen atoms in total. The standard InChI is InChI=1S/C22H22O4/c1-4-26-20(25)18-17(19(23)24)21(2)13-9-5-7-11-15(13)22(18,3)16-12-8-6-10-14(16)21/h5-12,17-18H,4H2,1-3H3,(H,23,24)/t17-,18+,21?,22?/m1/s1. The molecule has 2 aromatic carbocycles. The molecular weight excluding hydrogens is 328 g/mol. The molecule has 0 radical (unpaired) electrons. The van der Waals surface area contributed by atoms with Crippen molar-refractivity contribution in [1.82, 2.24) is 0 Å². The van der Waals surface area contributed by atoms with Crippen molar-refractivity contribution in [2.45, 2.75) is 31.6 Å². The Labute approximate surface area is 152 Å². The molecule has 134 valence electrons. The summed E-state index contributed by atoms with van der Waals surface area (Å²) in [6.07, 6.45) is 0. The second-order valence-electron chi connectivity index (χ2n) is 7.54. The first-order valence-electron chi connectivity index (χ1n) is 8.97. The van der Waals surface area contributed by atoms with Crippen LogP contribution in [0.15, 0.2) is 48.5 Å². The largest absolute Gasteiger partial charge is 0.481 e. The molecule has 0 aliphatic heterocycles. The highest BCUT2D eigenvalue weighted by Gasteiger charge is 2.66. The third-order valence-corrected chi connectivity index (χ3v) is 6.48. The Kier molecular flexibility index (Phi) is 3.52. The van der Waals surface area contributed by atoms with Crippen LogP contribution in [0.4, 0.5) is 0 Å². The van der Waals surface area contributed by atoms with Gasteiger partial charge in [0.25, 0.3) is 0 Å². The fourth-order valence-electron chi connectivity index (χ4n) is 5.40. The van der Waals surface area contributed by atoms with Crippen molar-refractivity contribution in [3.05, 3.63) is 70.8 Å². The van der Waals surface area contributed by atoms with Crippen molar-refractivity contribution < 1.29 is 19.4 Å². The molecule has 0 fully saturated rings. The third-order valence-electron chi connectivity index (χ3n) is 6.48. The van der Waals surface area contributed by atoms with Crippen molar-refractivity contribution in [3.8, 4) is 0 Å². The van der Waals surface area contributed by atoms with E-state index in [9.17, 15) is 14.7 Å². The lowest BCUT2D eigenvalue weighted by Gasteiger charge is -2.59. The van der Waals surface area contributed by atoms with Crippen LogP contribution in [0.3, 0.4) is 0 Å². The smallest absolute Gasteiger partial charge is 0.311 e. The molecule has 0 amide bonds. The minimum atomic E-state index is -0.958. The van der Waals surface area contributed by atoms with Gasteiger partial charge in [0.1, 0.15) is 0 Å². The molecule has 3 aliphatic rings. The Morgan fingerprint density at radius 1 is 0.885 bits per heavy atom. The molecule has 0 aromatic heterocycles. The number of benzene rings is 2. The molecule has 5 rings (SSSR count). The van der Waals surface area contributed by atoms with Gasteiger partial charge in [0.05, 0.1) is 18.4 Å². The number of hydrogen-bond acceptors (Lipinski definition) is 3. The van der Waals surface area contributed by atoms with Gasteiger partial charge >= 0.3 is 11.9 Å². The predicted molar refractivity (Wildman–Crippen MR) is 97.0 cm³/mol. The van der Waals surface area contributed by atoms with Crippen LogP contribution in [0.1, 0.15) is 43.0 Å². The molecule has 0 saturated carbocycles. The molecule has 26 heavy (non-hydrogen) atoms. The van der Waals surface area contributed by atoms with Gasteiger partial charge < -0.3 is 9.84 Å². The highest BCUT2D eigenvalue weighted by molar-refractivity contribution is 5.89. The van der Waals surface area contributed by atoms with Gasteiger partial charge in [0, 0.05) is 10.8 Å². The van der Waals surface area contributed by atoms with Crippen LogP contribution < -0.4 is 0 Å². The van der Waals surface area contributed by atoms with E-state index in [1.165, 1.54) is 0 Å². The first-order chi connectivity index (χ1) is 12.4. The fraction of sp³-hybridized carbons (Fsp3) is 0.364. The SMILES string of the molecule is CCOC(=O)[C@@H]1[C@H](C(=O)O)C2(C)c3ccccc3C1(C)c1ccccc12. The van der Waals surface area contributed by atoms with Gasteiger partial charge in [-0.1, -0.05) is 62.4 Å². The fourth-order valence-corrected chi connectivity index (χ4v) is 5.40. The van der Waals surface area contributed by atoms with Gasteiger partial charge in [-0.3, -0.25) is 9.59 Å². The van der Waals surface area contributed by atoms with Crippen LogP contribution in [0, 0.1) is 11.8 Å². The second-order valence-corrected chi connectivity index (χ2v) is 7.54. The van der Waals surface area contributed by atoms with Crippen LogP contribution >= 0.6 is 0 Å². The number of rotatable bonds is 3. The van der Waals surface area contributed by atoms with Gasteiger partial charge in [-0.05, 0) is 29.2 Å². The summed E-state index contributed by atoms with van der Waals surface area (Å²) in [7, 11) is 0. The maximum Gasteiger partial charge on any atom is 0.311 e. The molecule has 0 saturated heterocycles. The van der Waals surface area contributed by atoms with Gasteiger partial charge in [0.2, 0.25) is 0 Å². The van der Waals surface area contributed by atoms with Crippen molar-refractivity contribution in [3.63, 3.8) is 0 Å². The molecular formula is C22H22O4. The second kappa shape index (κ2) is 5.44. The van der Waals surface area contributed by atoms with Crippen molar-refractivity contribution in [1.29, 1.82) is 0 Å². The molecule has 0 unspecified atom stereocenters. The molecule has 4 heteroatoms. The monoisotopic (exact) mass is 350 g/mol. The summed E-state index contributed by atoms with van der Waals surface area (Å²) in [6.45, 7) is 5.92. The van der Waals surface area contributed by atoms with Crippen LogP contribution in [-0.2, 0) is 25.2 Å². The van der Waals surface area contributed by atoms with E-state index in [2.05, 4.69) is 0 Å². The summed E-state index contributed by atoms with van der Waals surface area (Å²) < 4.78 is 5.35. The number of carbonyl (C=O) groups excluding carboxylic acids is 1. The third kappa shape index (κ3) is 1.79. The summed E-state index contributed by atoms with van der Waals surface area (Å²) >= 11 is 0. The lowest BCUT2D eigenvalue weighted by atomic mass is 9.42. The van der Waals surface area contributed by atoms with Crippen LogP contribution in [-0.4, -0.2) is 23.7 Å². The highest BCUT2D eigenvalue weighted by Crippen LogP contribution is 2.64. The van der Waals surface area contributed by atoms with E-state index in [0.29, 0.717) is 0 Å². The normalized spacial score (nSPS) is 31.0. The number of carboxylic acids is 1. The zero-order valence-corrected chi connectivity index (χ0v) is 15.2. The minimum Gasteiger partial charge on any atom is -0.481 e. The number of fused-ring (bicyclic) bond motifs is 1. The lowest BCUT2D eigenvalue weighted by Crippen LogP contribution is -2.62. The Morgan fingerprint density at radius 2 is 1.27 bits per heavy atom. The summed E-state index contributed by atoms with van der Waals surface area (Å²) in [4.78, 5) is 25.4. The number of aliphatic carboxylic acids is 1. The van der Waals surface area contributed by atoms with Crippen molar-refractivity contribution in [2.75, 3.05) is 6.61 Å². The van der Waals surface area contributed by atoms with Crippen LogP contribution in [0.2, 0.25) is 0 Å². The molecule has 3 aliphatic carbocycles. The first-order valence-corrected chi connectivity index (χ1v) is 8.97. The Bertz CT molecular complexity index is 866. The molecule has 0 spiro atoms. The van der Waals surface area contributed by atoms with E-state index in [1.54, 1.807) is 6.92 Å². The summed E-state index contributed by atoms with van der Waals surface area (Å²) in [5.74, 6) is -3.04. The molecule has 2 atom stereocenters. The molecule has 1 N–H and O–H groups in total. The van der Waals surface area contributed by atoms with Gasteiger partial charge in [-0.15, -0.1) is 0 Å². The number of esters is 1. The number of carboxylic acid groups (broad SMARTS) is 1. The predicted octanol–water partition coefficient (Wildman–Crippen LogP) is 3.51. The Balaban J connectivity index is 2.13. The average Bonchev–Trinajstić information content (AvgIpc) is 2.63. The maximum atomic E-state index is 13.0. The zero-order valence-electron chi connectivity index (χ0n) is 15.2.